The topological polar surface area (TPSA) is 63.4 Å². The number of primary amides is 1. The zero-order valence-electron chi connectivity index (χ0n) is 10.9. The summed E-state index contributed by atoms with van der Waals surface area (Å²) in [7, 11) is 0. The summed E-state index contributed by atoms with van der Waals surface area (Å²) in [6, 6.07) is 5.75. The molecule has 1 aliphatic rings. The van der Waals surface area contributed by atoms with E-state index in [1.54, 1.807) is 0 Å². The average Bonchev–Trinajstić information content (AvgIpc) is 2.41. The Morgan fingerprint density at radius 2 is 2.00 bits per heavy atom. The van der Waals surface area contributed by atoms with Crippen LogP contribution in [0, 0.1) is 9.49 Å². The predicted octanol–water partition coefficient (Wildman–Crippen LogP) is 2.78. The maximum Gasteiger partial charge on any atom is 0.255 e. The molecule has 4 nitrogen and oxygen atoms in total. The van der Waals surface area contributed by atoms with Crippen LogP contribution in [0.3, 0.4) is 0 Å². The fourth-order valence-electron chi connectivity index (χ4n) is 2.46. The van der Waals surface area contributed by atoms with Crippen molar-refractivity contribution in [3.05, 3.63) is 31.8 Å². The van der Waals surface area contributed by atoms with Gasteiger partial charge in [-0.1, -0.05) is 0 Å². The van der Waals surface area contributed by atoms with Crippen LogP contribution >= 0.6 is 38.5 Å². The van der Waals surface area contributed by atoms with Crippen LogP contribution in [0.5, 0.6) is 0 Å². The Morgan fingerprint density at radius 3 is 2.60 bits per heavy atom. The molecule has 1 aromatic rings. The molecule has 1 fully saturated rings. The van der Waals surface area contributed by atoms with Gasteiger partial charge in [-0.05, 0) is 75.5 Å². The van der Waals surface area contributed by atoms with E-state index in [0.29, 0.717) is 31.0 Å². The standard InChI is InChI=1S/C14H16BrIN2O2/c15-12-2-1-10(16)8-11(12)14(20)18-5-3-9(4-6-18)7-13(17)19/h1-2,8-9H,3-7H2,(H2,17,19). The largest absolute Gasteiger partial charge is 0.370 e. The third-order valence-electron chi connectivity index (χ3n) is 3.55. The Bertz CT molecular complexity index is 528. The fourth-order valence-corrected chi connectivity index (χ4v) is 3.36. The fraction of sp³-hybridized carbons (Fsp3) is 0.429. The normalized spacial score (nSPS) is 16.2. The highest BCUT2D eigenvalue weighted by atomic mass is 127. The molecule has 0 bridgehead atoms. The van der Waals surface area contributed by atoms with Crippen LogP contribution in [0.4, 0.5) is 0 Å². The van der Waals surface area contributed by atoms with Crippen LogP contribution < -0.4 is 5.73 Å². The number of nitrogens with zero attached hydrogens (tertiary/aromatic N) is 1. The Labute approximate surface area is 140 Å². The number of likely N-dealkylation sites (tertiary alicyclic amines) is 1. The molecule has 108 valence electrons. The zero-order chi connectivity index (χ0) is 14.7. The summed E-state index contributed by atoms with van der Waals surface area (Å²) in [5, 5.41) is 0. The Hall–Kier alpha value is -0.630. The lowest BCUT2D eigenvalue weighted by molar-refractivity contribution is -0.119. The molecule has 0 saturated carbocycles. The van der Waals surface area contributed by atoms with E-state index in [0.717, 1.165) is 20.9 Å². The van der Waals surface area contributed by atoms with Gasteiger partial charge in [-0.25, -0.2) is 0 Å². The second kappa shape index (κ2) is 6.89. The minimum Gasteiger partial charge on any atom is -0.370 e. The van der Waals surface area contributed by atoms with Crippen LogP contribution in [0.2, 0.25) is 0 Å². The lowest BCUT2D eigenvalue weighted by Crippen LogP contribution is -2.39. The van der Waals surface area contributed by atoms with E-state index in [2.05, 4.69) is 38.5 Å². The molecule has 6 heteroatoms. The van der Waals surface area contributed by atoms with Crippen molar-refractivity contribution in [1.82, 2.24) is 4.90 Å². The molecule has 20 heavy (non-hydrogen) atoms. The zero-order valence-corrected chi connectivity index (χ0v) is 14.7. The molecule has 0 unspecified atom stereocenters. The molecule has 2 N–H and O–H groups in total. The molecule has 0 aromatic heterocycles. The van der Waals surface area contributed by atoms with E-state index in [-0.39, 0.29) is 11.8 Å². The molecule has 0 atom stereocenters. The minimum atomic E-state index is -0.255. The van der Waals surface area contributed by atoms with Gasteiger partial charge in [-0.2, -0.15) is 0 Å². The maximum atomic E-state index is 12.5. The van der Waals surface area contributed by atoms with Gasteiger partial charge in [0.1, 0.15) is 0 Å². The van der Waals surface area contributed by atoms with Gasteiger partial charge in [0, 0.05) is 27.6 Å². The number of benzene rings is 1. The van der Waals surface area contributed by atoms with Crippen molar-refractivity contribution in [2.24, 2.45) is 11.7 Å². The smallest absolute Gasteiger partial charge is 0.255 e. The lowest BCUT2D eigenvalue weighted by atomic mass is 9.93. The molecule has 1 aliphatic heterocycles. The van der Waals surface area contributed by atoms with Crippen LogP contribution in [0.25, 0.3) is 0 Å². The quantitative estimate of drug-likeness (QED) is 0.719. The molecule has 1 heterocycles. The maximum absolute atomic E-state index is 12.5. The first kappa shape index (κ1) is 15.8. The molecule has 0 spiro atoms. The number of hydrogen-bond donors (Lipinski definition) is 1. The molecular formula is C14H16BrIN2O2. The molecule has 1 saturated heterocycles. The second-order valence-electron chi connectivity index (χ2n) is 5.03. The van der Waals surface area contributed by atoms with Gasteiger partial charge >= 0.3 is 0 Å². The number of carbonyl (C=O) groups is 2. The highest BCUT2D eigenvalue weighted by molar-refractivity contribution is 14.1. The van der Waals surface area contributed by atoms with Crippen molar-refractivity contribution in [2.75, 3.05) is 13.1 Å². The number of amides is 2. The summed E-state index contributed by atoms with van der Waals surface area (Å²) in [6.07, 6.45) is 2.11. The van der Waals surface area contributed by atoms with Gasteiger partial charge in [0.05, 0.1) is 5.56 Å². The Kier molecular flexibility index (Phi) is 5.42. The number of halogens is 2. The SMILES string of the molecule is NC(=O)CC1CCN(C(=O)c2cc(I)ccc2Br)CC1. The lowest BCUT2D eigenvalue weighted by Gasteiger charge is -2.31. The van der Waals surface area contributed by atoms with Crippen molar-refractivity contribution >= 4 is 50.3 Å². The van der Waals surface area contributed by atoms with E-state index in [1.807, 2.05) is 23.1 Å². The van der Waals surface area contributed by atoms with Gasteiger partial charge in [0.15, 0.2) is 0 Å². The highest BCUT2D eigenvalue weighted by Gasteiger charge is 2.25. The van der Waals surface area contributed by atoms with E-state index >= 15 is 0 Å². The number of hydrogen-bond acceptors (Lipinski definition) is 2. The molecule has 1 aromatic carbocycles. The first-order valence-electron chi connectivity index (χ1n) is 6.50. The van der Waals surface area contributed by atoms with Gasteiger partial charge in [0.2, 0.25) is 5.91 Å². The van der Waals surface area contributed by atoms with Gasteiger partial charge in [0.25, 0.3) is 5.91 Å². The van der Waals surface area contributed by atoms with Crippen LogP contribution in [-0.4, -0.2) is 29.8 Å². The van der Waals surface area contributed by atoms with Crippen molar-refractivity contribution in [1.29, 1.82) is 0 Å². The van der Waals surface area contributed by atoms with Gasteiger partial charge < -0.3 is 10.6 Å². The number of carbonyl (C=O) groups excluding carboxylic acids is 2. The van der Waals surface area contributed by atoms with Crippen molar-refractivity contribution in [3.8, 4) is 0 Å². The Balaban J connectivity index is 2.01. The third-order valence-corrected chi connectivity index (χ3v) is 4.91. The van der Waals surface area contributed by atoms with Crippen molar-refractivity contribution in [3.63, 3.8) is 0 Å². The first-order valence-corrected chi connectivity index (χ1v) is 8.37. The molecule has 0 aliphatic carbocycles. The van der Waals surface area contributed by atoms with E-state index in [4.69, 9.17) is 5.73 Å². The monoisotopic (exact) mass is 450 g/mol. The first-order chi connectivity index (χ1) is 9.47. The summed E-state index contributed by atoms with van der Waals surface area (Å²) in [5.74, 6) is 0.110. The molecule has 0 radical (unpaired) electrons. The second-order valence-corrected chi connectivity index (χ2v) is 7.13. The molecular weight excluding hydrogens is 435 g/mol. The summed E-state index contributed by atoms with van der Waals surface area (Å²) in [5.41, 5.74) is 5.92. The van der Waals surface area contributed by atoms with Gasteiger partial charge in [-0.3, -0.25) is 9.59 Å². The minimum absolute atomic E-state index is 0.0490. The van der Waals surface area contributed by atoms with Crippen LogP contribution in [0.15, 0.2) is 22.7 Å². The van der Waals surface area contributed by atoms with Gasteiger partial charge in [-0.15, -0.1) is 0 Å². The summed E-state index contributed by atoms with van der Waals surface area (Å²) in [4.78, 5) is 25.3. The molecule has 2 amide bonds. The third kappa shape index (κ3) is 3.94. The summed E-state index contributed by atoms with van der Waals surface area (Å²) >= 11 is 5.63. The number of nitrogens with two attached hydrogens (primary N) is 1. The van der Waals surface area contributed by atoms with Crippen LogP contribution in [-0.2, 0) is 4.79 Å². The number of rotatable bonds is 3. The molecule has 2 rings (SSSR count). The average molecular weight is 451 g/mol. The van der Waals surface area contributed by atoms with Crippen molar-refractivity contribution < 1.29 is 9.59 Å². The Morgan fingerprint density at radius 1 is 1.35 bits per heavy atom. The van der Waals surface area contributed by atoms with E-state index < -0.39 is 0 Å². The summed E-state index contributed by atoms with van der Waals surface area (Å²) in [6.45, 7) is 1.38. The van der Waals surface area contributed by atoms with Crippen LogP contribution in [0.1, 0.15) is 29.6 Å². The highest BCUT2D eigenvalue weighted by Crippen LogP contribution is 2.25. The van der Waals surface area contributed by atoms with E-state index in [9.17, 15) is 9.59 Å². The van der Waals surface area contributed by atoms with E-state index in [1.165, 1.54) is 0 Å². The predicted molar refractivity (Wildman–Crippen MR) is 89.3 cm³/mol. The van der Waals surface area contributed by atoms with Crippen molar-refractivity contribution in [2.45, 2.75) is 19.3 Å². The number of piperidine rings is 1. The summed E-state index contributed by atoms with van der Waals surface area (Å²) < 4.78 is 1.86.